The van der Waals surface area contributed by atoms with E-state index in [9.17, 15) is 0 Å². The highest BCUT2D eigenvalue weighted by Gasteiger charge is 2.14. The van der Waals surface area contributed by atoms with E-state index in [1.807, 2.05) is 25.2 Å². The fraction of sp³-hybridized carbons (Fsp3) is 0.625. The van der Waals surface area contributed by atoms with E-state index in [0.717, 1.165) is 25.2 Å². The van der Waals surface area contributed by atoms with Crippen LogP contribution in [0.25, 0.3) is 0 Å². The van der Waals surface area contributed by atoms with Crippen molar-refractivity contribution in [3.05, 3.63) is 29.8 Å². The number of hydrogen-bond donors (Lipinski definition) is 1. The lowest BCUT2D eigenvalue weighted by Gasteiger charge is -2.20. The summed E-state index contributed by atoms with van der Waals surface area (Å²) in [4.78, 5) is 0. The summed E-state index contributed by atoms with van der Waals surface area (Å²) in [6.07, 6.45) is 1.92. The third kappa shape index (κ3) is 5.90. The largest absolute Gasteiger partial charge is 0.493 e. The third-order valence-corrected chi connectivity index (χ3v) is 3.09. The van der Waals surface area contributed by atoms with Crippen LogP contribution in [0.5, 0.6) is 5.75 Å². The van der Waals surface area contributed by atoms with Crippen LogP contribution in [0.4, 0.5) is 0 Å². The molecule has 0 aliphatic carbocycles. The molecule has 1 atom stereocenters. The molecule has 0 aliphatic rings. The molecule has 114 valence electrons. The van der Waals surface area contributed by atoms with Crippen LogP contribution in [-0.2, 0) is 9.47 Å². The SMILES string of the molecule is CCCOc1ccccc1C(CCOCCOC)NC. The van der Waals surface area contributed by atoms with Gasteiger partial charge in [0.2, 0.25) is 0 Å². The van der Waals surface area contributed by atoms with Gasteiger partial charge in [-0.25, -0.2) is 0 Å². The molecule has 0 saturated carbocycles. The van der Waals surface area contributed by atoms with Gasteiger partial charge < -0.3 is 19.5 Å². The summed E-state index contributed by atoms with van der Waals surface area (Å²) < 4.78 is 16.3. The van der Waals surface area contributed by atoms with Gasteiger partial charge in [0.15, 0.2) is 0 Å². The molecular weight excluding hydrogens is 254 g/mol. The lowest BCUT2D eigenvalue weighted by Crippen LogP contribution is -2.20. The molecule has 1 aromatic rings. The van der Waals surface area contributed by atoms with Crippen LogP contribution in [0.3, 0.4) is 0 Å². The highest BCUT2D eigenvalue weighted by Crippen LogP contribution is 2.27. The lowest BCUT2D eigenvalue weighted by molar-refractivity contribution is 0.0659. The number of ether oxygens (including phenoxy) is 3. The summed E-state index contributed by atoms with van der Waals surface area (Å²) in [5.74, 6) is 0.964. The van der Waals surface area contributed by atoms with Gasteiger partial charge in [-0.2, -0.15) is 0 Å². The minimum absolute atomic E-state index is 0.241. The van der Waals surface area contributed by atoms with E-state index in [0.29, 0.717) is 19.8 Å². The van der Waals surface area contributed by atoms with E-state index in [1.54, 1.807) is 7.11 Å². The molecule has 0 aliphatic heterocycles. The molecule has 1 rings (SSSR count). The normalized spacial score (nSPS) is 12.3. The minimum atomic E-state index is 0.241. The molecule has 1 aromatic carbocycles. The molecule has 0 radical (unpaired) electrons. The van der Waals surface area contributed by atoms with Gasteiger partial charge in [-0.05, 0) is 26.0 Å². The molecule has 1 unspecified atom stereocenters. The Morgan fingerprint density at radius 3 is 2.60 bits per heavy atom. The van der Waals surface area contributed by atoms with Gasteiger partial charge in [0.25, 0.3) is 0 Å². The predicted molar refractivity (Wildman–Crippen MR) is 81.3 cm³/mol. The monoisotopic (exact) mass is 281 g/mol. The average Bonchev–Trinajstić information content (AvgIpc) is 2.49. The van der Waals surface area contributed by atoms with Gasteiger partial charge in [0.05, 0.1) is 19.8 Å². The molecule has 20 heavy (non-hydrogen) atoms. The zero-order chi connectivity index (χ0) is 14.6. The first-order valence-electron chi connectivity index (χ1n) is 7.29. The van der Waals surface area contributed by atoms with Crippen LogP contribution in [0, 0.1) is 0 Å². The second kappa shape index (κ2) is 10.7. The highest BCUT2D eigenvalue weighted by molar-refractivity contribution is 5.35. The van der Waals surface area contributed by atoms with Crippen molar-refractivity contribution in [2.45, 2.75) is 25.8 Å². The number of nitrogens with one attached hydrogen (secondary N) is 1. The quantitative estimate of drug-likeness (QED) is 0.633. The molecule has 0 amide bonds. The maximum Gasteiger partial charge on any atom is 0.124 e. The van der Waals surface area contributed by atoms with E-state index < -0.39 is 0 Å². The summed E-state index contributed by atoms with van der Waals surface area (Å²) in [5.41, 5.74) is 1.19. The fourth-order valence-electron chi connectivity index (χ4n) is 2.01. The van der Waals surface area contributed by atoms with Crippen molar-refractivity contribution >= 4 is 0 Å². The maximum absolute atomic E-state index is 5.81. The van der Waals surface area contributed by atoms with Gasteiger partial charge in [-0.1, -0.05) is 25.1 Å². The van der Waals surface area contributed by atoms with Crippen molar-refractivity contribution in [3.63, 3.8) is 0 Å². The molecule has 0 heterocycles. The van der Waals surface area contributed by atoms with Gasteiger partial charge in [0.1, 0.15) is 5.75 Å². The Kier molecular flexibility index (Phi) is 9.04. The molecule has 0 bridgehead atoms. The third-order valence-electron chi connectivity index (χ3n) is 3.09. The van der Waals surface area contributed by atoms with Gasteiger partial charge in [-0.3, -0.25) is 0 Å². The van der Waals surface area contributed by atoms with Crippen molar-refractivity contribution < 1.29 is 14.2 Å². The zero-order valence-corrected chi connectivity index (χ0v) is 12.9. The van der Waals surface area contributed by atoms with E-state index in [1.165, 1.54) is 5.56 Å². The molecule has 0 spiro atoms. The Morgan fingerprint density at radius 2 is 1.90 bits per heavy atom. The molecule has 0 fully saturated rings. The molecule has 4 nitrogen and oxygen atoms in total. The lowest BCUT2D eigenvalue weighted by atomic mass is 10.0. The summed E-state index contributed by atoms with van der Waals surface area (Å²) >= 11 is 0. The van der Waals surface area contributed by atoms with E-state index in [2.05, 4.69) is 18.3 Å². The second-order valence-electron chi connectivity index (χ2n) is 4.62. The van der Waals surface area contributed by atoms with Crippen molar-refractivity contribution in [1.82, 2.24) is 5.32 Å². The number of benzene rings is 1. The van der Waals surface area contributed by atoms with Crippen molar-refractivity contribution in [2.24, 2.45) is 0 Å². The van der Waals surface area contributed by atoms with E-state index in [-0.39, 0.29) is 6.04 Å². The van der Waals surface area contributed by atoms with E-state index >= 15 is 0 Å². The number of rotatable bonds is 11. The van der Waals surface area contributed by atoms with Crippen LogP contribution < -0.4 is 10.1 Å². The number of methoxy groups -OCH3 is 1. The summed E-state index contributed by atoms with van der Waals surface area (Å²) in [5, 5.41) is 3.33. The number of para-hydroxylation sites is 1. The van der Waals surface area contributed by atoms with Crippen molar-refractivity contribution in [1.29, 1.82) is 0 Å². The topological polar surface area (TPSA) is 39.7 Å². The first-order chi connectivity index (χ1) is 9.83. The van der Waals surface area contributed by atoms with Crippen LogP contribution in [-0.4, -0.2) is 40.6 Å². The minimum Gasteiger partial charge on any atom is -0.493 e. The fourth-order valence-corrected chi connectivity index (χ4v) is 2.01. The number of hydrogen-bond acceptors (Lipinski definition) is 4. The van der Waals surface area contributed by atoms with Crippen LogP contribution in [0.1, 0.15) is 31.4 Å². The van der Waals surface area contributed by atoms with Crippen LogP contribution >= 0.6 is 0 Å². The second-order valence-corrected chi connectivity index (χ2v) is 4.62. The first kappa shape index (κ1) is 17.0. The summed E-state index contributed by atoms with van der Waals surface area (Å²) in [7, 11) is 3.65. The highest BCUT2D eigenvalue weighted by atomic mass is 16.5. The average molecular weight is 281 g/mol. The predicted octanol–water partition coefficient (Wildman–Crippen LogP) is 2.79. The molecular formula is C16H27NO3. The Balaban J connectivity index is 2.55. The Morgan fingerprint density at radius 1 is 1.10 bits per heavy atom. The maximum atomic E-state index is 5.81. The van der Waals surface area contributed by atoms with E-state index in [4.69, 9.17) is 14.2 Å². The summed E-state index contributed by atoms with van der Waals surface area (Å²) in [6.45, 7) is 4.85. The Bertz CT molecular complexity index is 357. The Hall–Kier alpha value is -1.10. The van der Waals surface area contributed by atoms with Crippen molar-refractivity contribution in [3.8, 4) is 5.75 Å². The standard InChI is InChI=1S/C16H27NO3/c1-4-10-20-16-8-6-5-7-14(16)15(17-2)9-11-19-13-12-18-3/h5-8,15,17H,4,9-13H2,1-3H3. The smallest absolute Gasteiger partial charge is 0.124 e. The molecule has 1 N–H and O–H groups in total. The van der Waals surface area contributed by atoms with Gasteiger partial charge >= 0.3 is 0 Å². The summed E-state index contributed by atoms with van der Waals surface area (Å²) in [6, 6.07) is 8.44. The molecule has 0 aromatic heterocycles. The van der Waals surface area contributed by atoms with Gasteiger partial charge in [-0.15, -0.1) is 0 Å². The zero-order valence-electron chi connectivity index (χ0n) is 12.9. The molecule has 4 heteroatoms. The first-order valence-corrected chi connectivity index (χ1v) is 7.29. The van der Waals surface area contributed by atoms with Gasteiger partial charge in [0, 0.05) is 25.3 Å². The van der Waals surface area contributed by atoms with Crippen LogP contribution in [0.15, 0.2) is 24.3 Å². The Labute approximate surface area is 122 Å². The molecule has 0 saturated heterocycles. The van der Waals surface area contributed by atoms with Crippen LogP contribution in [0.2, 0.25) is 0 Å². The van der Waals surface area contributed by atoms with Crippen molar-refractivity contribution in [2.75, 3.05) is 40.6 Å².